The predicted molar refractivity (Wildman–Crippen MR) is 91.1 cm³/mol. The summed E-state index contributed by atoms with van der Waals surface area (Å²) in [4.78, 5) is 17.5. The van der Waals surface area contributed by atoms with E-state index in [1.165, 1.54) is 14.2 Å². The van der Waals surface area contributed by atoms with E-state index in [0.717, 1.165) is 0 Å². The van der Waals surface area contributed by atoms with Crippen molar-refractivity contribution in [2.24, 2.45) is 5.16 Å². The number of hydrogen-bond acceptors (Lipinski definition) is 6. The Bertz CT molecular complexity index is 789. The number of furan rings is 1. The number of nitrogens with one attached hydrogen (secondary N) is 1. The van der Waals surface area contributed by atoms with E-state index < -0.39 is 6.10 Å². The van der Waals surface area contributed by atoms with Crippen molar-refractivity contribution < 1.29 is 23.5 Å². The molecule has 0 unspecified atom stereocenters. The number of oxime groups is 1. The summed E-state index contributed by atoms with van der Waals surface area (Å²) in [5.41, 5.74) is 1.24. The first-order chi connectivity index (χ1) is 12.1. The number of methoxy groups -OCH3 is 2. The number of benzene rings is 1. The Labute approximate surface area is 149 Å². The molecule has 0 saturated heterocycles. The molecule has 2 heterocycles. The Morgan fingerprint density at radius 1 is 1.36 bits per heavy atom. The molecular weight excluding hydrogens is 348 g/mol. The lowest BCUT2D eigenvalue weighted by molar-refractivity contribution is -0.131. The smallest absolute Gasteiger partial charge is 0.264 e. The van der Waals surface area contributed by atoms with Crippen molar-refractivity contribution >= 4 is 23.2 Å². The molecule has 0 fully saturated rings. The van der Waals surface area contributed by atoms with E-state index in [-0.39, 0.29) is 5.91 Å². The van der Waals surface area contributed by atoms with Crippen molar-refractivity contribution in [3.8, 4) is 11.5 Å². The maximum absolute atomic E-state index is 12.2. The van der Waals surface area contributed by atoms with Gasteiger partial charge >= 0.3 is 0 Å². The summed E-state index contributed by atoms with van der Waals surface area (Å²) in [5, 5.41) is 7.18. The first-order valence-corrected chi connectivity index (χ1v) is 7.95. The van der Waals surface area contributed by atoms with Gasteiger partial charge in [0.1, 0.15) is 17.3 Å². The predicted octanol–water partition coefficient (Wildman–Crippen LogP) is 2.76. The van der Waals surface area contributed by atoms with Gasteiger partial charge in [-0.1, -0.05) is 16.8 Å². The van der Waals surface area contributed by atoms with E-state index in [0.29, 0.717) is 46.5 Å². The molecule has 0 radical (unpaired) electrons. The number of amides is 1. The zero-order valence-electron chi connectivity index (χ0n) is 13.7. The topological polar surface area (TPSA) is 82.3 Å². The second-order valence-corrected chi connectivity index (χ2v) is 5.73. The normalized spacial score (nSPS) is 16.1. The third-order valence-electron chi connectivity index (χ3n) is 3.76. The van der Waals surface area contributed by atoms with Crippen LogP contribution in [0.1, 0.15) is 17.7 Å². The van der Waals surface area contributed by atoms with Gasteiger partial charge in [-0.3, -0.25) is 4.79 Å². The van der Waals surface area contributed by atoms with Crippen molar-refractivity contribution in [1.82, 2.24) is 5.32 Å². The monoisotopic (exact) mass is 364 g/mol. The van der Waals surface area contributed by atoms with Crippen LogP contribution in [0.4, 0.5) is 0 Å². The first-order valence-electron chi connectivity index (χ1n) is 7.57. The molecule has 1 aliphatic heterocycles. The quantitative estimate of drug-likeness (QED) is 0.852. The molecule has 132 valence electrons. The van der Waals surface area contributed by atoms with E-state index in [4.69, 9.17) is 30.3 Å². The largest absolute Gasteiger partial charge is 0.496 e. The summed E-state index contributed by atoms with van der Waals surface area (Å²) in [5.74, 6) is 1.43. The van der Waals surface area contributed by atoms with E-state index in [2.05, 4.69) is 10.5 Å². The zero-order valence-corrected chi connectivity index (χ0v) is 14.5. The molecule has 1 atom stereocenters. The minimum atomic E-state index is -0.712. The van der Waals surface area contributed by atoms with Crippen LogP contribution >= 0.6 is 11.6 Å². The fraction of sp³-hybridized carbons (Fsp3) is 0.294. The van der Waals surface area contributed by atoms with Gasteiger partial charge in [-0.15, -0.1) is 0 Å². The second-order valence-electron chi connectivity index (χ2n) is 5.32. The maximum atomic E-state index is 12.2. The lowest BCUT2D eigenvalue weighted by atomic mass is 10.0. The highest BCUT2D eigenvalue weighted by Gasteiger charge is 2.30. The SMILES string of the molecule is COc1cc(OC)c(C2=NO[C@H](C(=O)NCc3ccco3)C2)cc1Cl. The summed E-state index contributed by atoms with van der Waals surface area (Å²) in [6.45, 7) is 0.290. The molecule has 1 N–H and O–H groups in total. The molecule has 1 aromatic heterocycles. The van der Waals surface area contributed by atoms with Gasteiger partial charge in [0.05, 0.1) is 37.8 Å². The molecule has 0 aliphatic carbocycles. The van der Waals surface area contributed by atoms with Crippen LogP contribution in [0.15, 0.2) is 40.1 Å². The molecular formula is C17H17ClN2O5. The number of carbonyl (C=O) groups is 1. The van der Waals surface area contributed by atoms with Crippen molar-refractivity contribution in [3.05, 3.63) is 46.9 Å². The molecule has 7 nitrogen and oxygen atoms in total. The average Bonchev–Trinajstić information content (AvgIpc) is 3.31. The first kappa shape index (κ1) is 17.2. The summed E-state index contributed by atoms with van der Waals surface area (Å²) in [7, 11) is 3.06. The lowest BCUT2D eigenvalue weighted by Crippen LogP contribution is -2.34. The molecule has 0 bridgehead atoms. The summed E-state index contributed by atoms with van der Waals surface area (Å²) in [6.07, 6.45) is 1.15. The summed E-state index contributed by atoms with van der Waals surface area (Å²) in [6, 6.07) is 6.89. The molecule has 2 aromatic rings. The lowest BCUT2D eigenvalue weighted by Gasteiger charge is -2.11. The Morgan fingerprint density at radius 2 is 2.16 bits per heavy atom. The Hall–Kier alpha value is -2.67. The van der Waals surface area contributed by atoms with Gasteiger partial charge < -0.3 is 24.0 Å². The minimum Gasteiger partial charge on any atom is -0.496 e. The van der Waals surface area contributed by atoms with E-state index in [1.807, 2.05) is 0 Å². The number of hydrogen-bond donors (Lipinski definition) is 1. The molecule has 0 spiro atoms. The highest BCUT2D eigenvalue weighted by Crippen LogP contribution is 2.34. The number of ether oxygens (including phenoxy) is 2. The summed E-state index contributed by atoms with van der Waals surface area (Å²) >= 11 is 6.18. The van der Waals surface area contributed by atoms with Crippen LogP contribution in [0.5, 0.6) is 11.5 Å². The maximum Gasteiger partial charge on any atom is 0.264 e. The van der Waals surface area contributed by atoms with Gasteiger partial charge in [0, 0.05) is 18.1 Å². The van der Waals surface area contributed by atoms with Crippen LogP contribution in [0, 0.1) is 0 Å². The van der Waals surface area contributed by atoms with Crippen LogP contribution in [0.25, 0.3) is 0 Å². The number of carbonyl (C=O) groups excluding carboxylic acids is 1. The zero-order chi connectivity index (χ0) is 17.8. The van der Waals surface area contributed by atoms with E-state index in [1.54, 1.807) is 30.5 Å². The van der Waals surface area contributed by atoms with Crippen molar-refractivity contribution in [2.75, 3.05) is 14.2 Å². The molecule has 1 aromatic carbocycles. The van der Waals surface area contributed by atoms with Crippen LogP contribution in [-0.4, -0.2) is 31.9 Å². The van der Waals surface area contributed by atoms with Crippen molar-refractivity contribution in [2.45, 2.75) is 19.1 Å². The minimum absolute atomic E-state index is 0.270. The fourth-order valence-corrected chi connectivity index (χ4v) is 2.70. The van der Waals surface area contributed by atoms with Gasteiger partial charge in [0.25, 0.3) is 5.91 Å². The van der Waals surface area contributed by atoms with Gasteiger partial charge in [0.2, 0.25) is 6.10 Å². The van der Waals surface area contributed by atoms with Gasteiger partial charge in [-0.2, -0.15) is 0 Å². The van der Waals surface area contributed by atoms with Gasteiger partial charge in [-0.25, -0.2) is 0 Å². The van der Waals surface area contributed by atoms with Crippen molar-refractivity contribution in [3.63, 3.8) is 0 Å². The standard InChI is InChI=1S/C17H17ClN2O5/c1-22-14-8-15(23-2)12(18)6-11(14)13-7-16(25-20-13)17(21)19-9-10-4-3-5-24-10/h3-6,8,16H,7,9H2,1-2H3,(H,19,21)/t16-/m0/s1. The van der Waals surface area contributed by atoms with Gasteiger partial charge in [0.15, 0.2) is 0 Å². The molecule has 1 amide bonds. The van der Waals surface area contributed by atoms with Crippen LogP contribution in [-0.2, 0) is 16.2 Å². The third kappa shape index (κ3) is 3.71. The molecule has 1 aliphatic rings. The highest BCUT2D eigenvalue weighted by molar-refractivity contribution is 6.32. The molecule has 25 heavy (non-hydrogen) atoms. The van der Waals surface area contributed by atoms with Crippen LogP contribution in [0.2, 0.25) is 5.02 Å². The van der Waals surface area contributed by atoms with Crippen LogP contribution in [0.3, 0.4) is 0 Å². The highest BCUT2D eigenvalue weighted by atomic mass is 35.5. The Kier molecular flexibility index (Phi) is 5.14. The van der Waals surface area contributed by atoms with Crippen molar-refractivity contribution in [1.29, 1.82) is 0 Å². The number of halogens is 1. The Morgan fingerprint density at radius 3 is 2.84 bits per heavy atom. The molecule has 0 saturated carbocycles. The molecule has 3 rings (SSSR count). The number of rotatable bonds is 6. The summed E-state index contributed by atoms with van der Waals surface area (Å²) < 4.78 is 15.7. The van der Waals surface area contributed by atoms with E-state index in [9.17, 15) is 4.79 Å². The Balaban J connectivity index is 1.68. The number of nitrogens with zero attached hydrogens (tertiary/aromatic N) is 1. The third-order valence-corrected chi connectivity index (χ3v) is 4.06. The van der Waals surface area contributed by atoms with Gasteiger partial charge in [-0.05, 0) is 18.2 Å². The fourth-order valence-electron chi connectivity index (χ4n) is 2.46. The second kappa shape index (κ2) is 7.48. The van der Waals surface area contributed by atoms with Crippen LogP contribution < -0.4 is 14.8 Å². The van der Waals surface area contributed by atoms with E-state index >= 15 is 0 Å². The average molecular weight is 365 g/mol. The molecule has 8 heteroatoms.